The Kier molecular flexibility index (Phi) is 3.90. The number of oxime groups is 1. The molecule has 1 amide bonds. The lowest BCUT2D eigenvalue weighted by Crippen LogP contribution is -2.54. The first kappa shape index (κ1) is 14.7. The number of amides is 1. The van der Waals surface area contributed by atoms with Gasteiger partial charge in [0, 0.05) is 10.7 Å². The third-order valence-corrected chi connectivity index (χ3v) is 4.26. The summed E-state index contributed by atoms with van der Waals surface area (Å²) in [5.74, 6) is 0.0831. The zero-order valence-corrected chi connectivity index (χ0v) is 12.2. The molecule has 0 aromatic heterocycles. The number of hydrogen-bond donors (Lipinski definition) is 3. The zero-order chi connectivity index (χ0) is 14.9. The summed E-state index contributed by atoms with van der Waals surface area (Å²) in [6.07, 6.45) is 1.16. The van der Waals surface area contributed by atoms with E-state index in [9.17, 15) is 4.79 Å². The van der Waals surface area contributed by atoms with Crippen molar-refractivity contribution < 1.29 is 10.0 Å². The quantitative estimate of drug-likeness (QED) is 0.347. The Hall–Kier alpha value is -1.75. The lowest BCUT2D eigenvalue weighted by molar-refractivity contribution is -0.127. The molecule has 0 unspecified atom stereocenters. The number of benzene rings is 1. The average molecular weight is 296 g/mol. The first-order chi connectivity index (χ1) is 9.39. The van der Waals surface area contributed by atoms with Crippen molar-refractivity contribution in [1.82, 2.24) is 0 Å². The summed E-state index contributed by atoms with van der Waals surface area (Å²) in [4.78, 5) is 12.4. The number of nitrogens with two attached hydrogens (primary N) is 1. The van der Waals surface area contributed by atoms with Crippen molar-refractivity contribution >= 4 is 29.0 Å². The highest BCUT2D eigenvalue weighted by molar-refractivity contribution is 6.31. The minimum Gasteiger partial charge on any atom is -0.409 e. The van der Waals surface area contributed by atoms with Crippen molar-refractivity contribution in [2.45, 2.75) is 26.7 Å². The van der Waals surface area contributed by atoms with Crippen molar-refractivity contribution in [2.24, 2.45) is 22.2 Å². The number of nitrogens with one attached hydrogen (secondary N) is 1. The maximum absolute atomic E-state index is 12.4. The van der Waals surface area contributed by atoms with Gasteiger partial charge in [0.2, 0.25) is 5.91 Å². The number of rotatable bonds is 3. The normalized spacial score (nSPS) is 25.9. The Labute approximate surface area is 122 Å². The van der Waals surface area contributed by atoms with Crippen molar-refractivity contribution in [3.63, 3.8) is 0 Å². The number of anilines is 1. The molecule has 1 saturated carbocycles. The SMILES string of the molecule is Cc1ccc(NC(=O)C2(/C(N)=N/O)CC(C)C2)cc1Cl. The summed E-state index contributed by atoms with van der Waals surface area (Å²) in [5.41, 5.74) is 6.33. The van der Waals surface area contributed by atoms with Gasteiger partial charge in [0.25, 0.3) is 0 Å². The van der Waals surface area contributed by atoms with Crippen molar-refractivity contribution in [2.75, 3.05) is 5.32 Å². The number of carbonyl (C=O) groups is 1. The van der Waals surface area contributed by atoms with E-state index in [0.717, 1.165) is 5.56 Å². The van der Waals surface area contributed by atoms with Crippen LogP contribution in [-0.4, -0.2) is 17.0 Å². The van der Waals surface area contributed by atoms with E-state index in [1.807, 2.05) is 19.9 Å². The standard InChI is InChI=1S/C14H18ClN3O2/c1-8-6-14(7-8,12(16)18-20)13(19)17-10-4-3-9(2)11(15)5-10/h3-5,8,20H,6-7H2,1-2H3,(H2,16,18)(H,17,19). The Balaban J connectivity index is 2.20. The van der Waals surface area contributed by atoms with Crippen molar-refractivity contribution in [3.05, 3.63) is 28.8 Å². The molecule has 0 radical (unpaired) electrons. The topological polar surface area (TPSA) is 87.7 Å². The van der Waals surface area contributed by atoms with E-state index in [4.69, 9.17) is 22.5 Å². The smallest absolute Gasteiger partial charge is 0.238 e. The minimum absolute atomic E-state index is 0.0358. The molecular weight excluding hydrogens is 278 g/mol. The highest BCUT2D eigenvalue weighted by atomic mass is 35.5. The molecule has 1 aliphatic rings. The van der Waals surface area contributed by atoms with E-state index in [0.29, 0.717) is 29.5 Å². The van der Waals surface area contributed by atoms with Crippen LogP contribution in [0.1, 0.15) is 25.3 Å². The van der Waals surface area contributed by atoms with Gasteiger partial charge in [-0.2, -0.15) is 0 Å². The first-order valence-corrected chi connectivity index (χ1v) is 6.82. The van der Waals surface area contributed by atoms with Crippen LogP contribution in [0.5, 0.6) is 0 Å². The number of halogens is 1. The number of amidine groups is 1. The summed E-state index contributed by atoms with van der Waals surface area (Å²) < 4.78 is 0. The van der Waals surface area contributed by atoms with Crippen LogP contribution in [0.4, 0.5) is 5.69 Å². The van der Waals surface area contributed by atoms with Gasteiger partial charge in [-0.25, -0.2) is 0 Å². The van der Waals surface area contributed by atoms with E-state index in [-0.39, 0.29) is 11.7 Å². The molecule has 0 heterocycles. The molecule has 6 heteroatoms. The number of carbonyl (C=O) groups excluding carboxylic acids is 1. The summed E-state index contributed by atoms with van der Waals surface area (Å²) in [6, 6.07) is 5.30. The van der Waals surface area contributed by atoms with Gasteiger partial charge < -0.3 is 16.3 Å². The van der Waals surface area contributed by atoms with E-state index in [2.05, 4.69) is 10.5 Å². The monoisotopic (exact) mass is 295 g/mol. The Bertz CT molecular complexity index is 566. The summed E-state index contributed by atoms with van der Waals surface area (Å²) >= 11 is 6.03. The number of nitrogens with zero attached hydrogens (tertiary/aromatic N) is 1. The fraction of sp³-hybridized carbons (Fsp3) is 0.429. The summed E-state index contributed by atoms with van der Waals surface area (Å²) in [6.45, 7) is 3.92. The van der Waals surface area contributed by atoms with Crippen LogP contribution in [0.2, 0.25) is 5.02 Å². The van der Waals surface area contributed by atoms with Crippen LogP contribution in [0.15, 0.2) is 23.4 Å². The van der Waals surface area contributed by atoms with Gasteiger partial charge in [-0.1, -0.05) is 29.7 Å². The molecular formula is C14H18ClN3O2. The maximum atomic E-state index is 12.4. The van der Waals surface area contributed by atoms with Gasteiger partial charge in [-0.05, 0) is 43.4 Å². The van der Waals surface area contributed by atoms with E-state index in [1.54, 1.807) is 12.1 Å². The highest BCUT2D eigenvalue weighted by Gasteiger charge is 2.52. The van der Waals surface area contributed by atoms with Crippen LogP contribution in [-0.2, 0) is 4.79 Å². The molecule has 0 saturated heterocycles. The second-order valence-corrected chi connectivity index (χ2v) is 5.91. The predicted molar refractivity (Wildman–Crippen MR) is 79.1 cm³/mol. The molecule has 20 heavy (non-hydrogen) atoms. The molecule has 5 nitrogen and oxygen atoms in total. The van der Waals surface area contributed by atoms with Gasteiger partial charge in [-0.3, -0.25) is 4.79 Å². The van der Waals surface area contributed by atoms with Crippen LogP contribution < -0.4 is 11.1 Å². The third kappa shape index (κ3) is 2.45. The fourth-order valence-corrected chi connectivity index (χ4v) is 2.84. The second-order valence-electron chi connectivity index (χ2n) is 5.50. The minimum atomic E-state index is -0.911. The lowest BCUT2D eigenvalue weighted by atomic mass is 9.61. The molecule has 0 aliphatic heterocycles. The van der Waals surface area contributed by atoms with Gasteiger partial charge in [0.1, 0.15) is 5.41 Å². The summed E-state index contributed by atoms with van der Waals surface area (Å²) in [7, 11) is 0. The van der Waals surface area contributed by atoms with Crippen LogP contribution in [0.3, 0.4) is 0 Å². The third-order valence-electron chi connectivity index (χ3n) is 3.86. The average Bonchev–Trinajstić information content (AvgIpc) is 2.38. The summed E-state index contributed by atoms with van der Waals surface area (Å²) in [5, 5.41) is 15.3. The molecule has 108 valence electrons. The molecule has 0 spiro atoms. The van der Waals surface area contributed by atoms with E-state index < -0.39 is 5.41 Å². The highest BCUT2D eigenvalue weighted by Crippen LogP contribution is 2.46. The molecule has 1 aliphatic carbocycles. The Morgan fingerprint density at radius 3 is 2.70 bits per heavy atom. The van der Waals surface area contributed by atoms with Crippen LogP contribution in [0.25, 0.3) is 0 Å². The largest absolute Gasteiger partial charge is 0.409 e. The molecule has 4 N–H and O–H groups in total. The second kappa shape index (κ2) is 5.32. The van der Waals surface area contributed by atoms with Crippen LogP contribution >= 0.6 is 11.6 Å². The van der Waals surface area contributed by atoms with Gasteiger partial charge in [-0.15, -0.1) is 0 Å². The van der Waals surface area contributed by atoms with Crippen molar-refractivity contribution in [3.8, 4) is 0 Å². The van der Waals surface area contributed by atoms with E-state index >= 15 is 0 Å². The fourth-order valence-electron chi connectivity index (χ4n) is 2.66. The van der Waals surface area contributed by atoms with Gasteiger partial charge in [0.15, 0.2) is 5.84 Å². The Morgan fingerprint density at radius 2 is 2.20 bits per heavy atom. The van der Waals surface area contributed by atoms with Gasteiger partial charge in [0.05, 0.1) is 0 Å². The molecule has 1 aromatic carbocycles. The number of aryl methyl sites for hydroxylation is 1. The van der Waals surface area contributed by atoms with E-state index in [1.165, 1.54) is 0 Å². The first-order valence-electron chi connectivity index (χ1n) is 6.44. The molecule has 1 aromatic rings. The van der Waals surface area contributed by atoms with Crippen molar-refractivity contribution in [1.29, 1.82) is 0 Å². The predicted octanol–water partition coefficient (Wildman–Crippen LogP) is 2.75. The molecule has 2 rings (SSSR count). The maximum Gasteiger partial charge on any atom is 0.238 e. The van der Waals surface area contributed by atoms with Crippen LogP contribution in [0, 0.1) is 18.3 Å². The Morgan fingerprint density at radius 1 is 1.55 bits per heavy atom. The zero-order valence-electron chi connectivity index (χ0n) is 11.5. The lowest BCUT2D eigenvalue weighted by Gasteiger charge is -2.43. The van der Waals surface area contributed by atoms with Gasteiger partial charge >= 0.3 is 0 Å². The molecule has 0 atom stereocenters. The molecule has 0 bridgehead atoms. The number of hydrogen-bond acceptors (Lipinski definition) is 3. The molecule has 1 fully saturated rings.